The van der Waals surface area contributed by atoms with Gasteiger partial charge in [0.1, 0.15) is 5.69 Å². The third-order valence-electron chi connectivity index (χ3n) is 5.41. The number of hydrogen-bond acceptors (Lipinski definition) is 4. The van der Waals surface area contributed by atoms with Crippen molar-refractivity contribution >= 4 is 5.91 Å². The second-order valence-electron chi connectivity index (χ2n) is 7.44. The van der Waals surface area contributed by atoms with Gasteiger partial charge >= 0.3 is 0 Å². The van der Waals surface area contributed by atoms with Crippen LogP contribution >= 0.6 is 0 Å². The van der Waals surface area contributed by atoms with Crippen LogP contribution < -0.4 is 0 Å². The van der Waals surface area contributed by atoms with Gasteiger partial charge in [0.2, 0.25) is 5.91 Å². The van der Waals surface area contributed by atoms with Crippen molar-refractivity contribution < 1.29 is 9.53 Å². The second kappa shape index (κ2) is 6.67. The summed E-state index contributed by atoms with van der Waals surface area (Å²) in [5.74, 6) is 1.57. The van der Waals surface area contributed by atoms with Gasteiger partial charge in [0.05, 0.1) is 18.8 Å². The first-order chi connectivity index (χ1) is 11.7. The lowest BCUT2D eigenvalue weighted by molar-refractivity contribution is -0.133. The average molecular weight is 330 g/mol. The van der Waals surface area contributed by atoms with Crippen molar-refractivity contribution in [3.8, 4) is 0 Å². The molecule has 1 saturated carbocycles. The average Bonchev–Trinajstić information content (AvgIpc) is 3.06. The third kappa shape index (κ3) is 3.24. The molecule has 4 rings (SSSR count). The summed E-state index contributed by atoms with van der Waals surface area (Å²) in [6.45, 7) is 2.88. The summed E-state index contributed by atoms with van der Waals surface area (Å²) < 4.78 is 7.49. The van der Waals surface area contributed by atoms with E-state index in [9.17, 15) is 4.79 Å². The molecule has 24 heavy (non-hydrogen) atoms. The molecule has 1 aliphatic heterocycles. The predicted molar refractivity (Wildman–Crippen MR) is 89.3 cm³/mol. The molecule has 1 aromatic rings. The summed E-state index contributed by atoms with van der Waals surface area (Å²) in [5, 5.41) is 8.75. The van der Waals surface area contributed by atoms with E-state index in [0.29, 0.717) is 32.0 Å². The maximum Gasteiger partial charge on any atom is 0.223 e. The standard InChI is InChI=1S/C18H26N4O2/c1-24-12-15-10-21(17(23)8-13-4-2-3-5-13)11-16-18(15)22(20-19-16)9-14-6-7-14/h2,4,13-15H,3,5-12H2,1H3/t13-,15+/m0/s1. The van der Waals surface area contributed by atoms with Crippen molar-refractivity contribution in [2.24, 2.45) is 11.8 Å². The van der Waals surface area contributed by atoms with Gasteiger partial charge in [-0.3, -0.25) is 4.79 Å². The van der Waals surface area contributed by atoms with Crippen LogP contribution in [0.15, 0.2) is 12.2 Å². The van der Waals surface area contributed by atoms with E-state index in [1.807, 2.05) is 4.90 Å². The summed E-state index contributed by atoms with van der Waals surface area (Å²) >= 11 is 0. The van der Waals surface area contributed by atoms with Gasteiger partial charge in [0, 0.05) is 32.5 Å². The molecule has 130 valence electrons. The summed E-state index contributed by atoms with van der Waals surface area (Å²) in [5.41, 5.74) is 2.15. The molecule has 0 aromatic carbocycles. The number of aromatic nitrogens is 3. The highest BCUT2D eigenvalue weighted by molar-refractivity contribution is 5.77. The first-order valence-electron chi connectivity index (χ1n) is 9.10. The lowest BCUT2D eigenvalue weighted by atomic mass is 9.97. The molecule has 0 saturated heterocycles. The quantitative estimate of drug-likeness (QED) is 0.750. The second-order valence-corrected chi connectivity index (χ2v) is 7.44. The number of carbonyl (C=O) groups excluding carboxylic acids is 1. The van der Waals surface area contributed by atoms with Crippen LogP contribution in [0.4, 0.5) is 0 Å². The van der Waals surface area contributed by atoms with E-state index in [1.165, 1.54) is 18.5 Å². The molecule has 2 aliphatic carbocycles. The van der Waals surface area contributed by atoms with Crippen LogP contribution in [0, 0.1) is 11.8 Å². The Bertz CT molecular complexity index is 635. The number of rotatable bonds is 6. The summed E-state index contributed by atoms with van der Waals surface area (Å²) in [6.07, 6.45) is 9.77. The minimum Gasteiger partial charge on any atom is -0.384 e. The van der Waals surface area contributed by atoms with E-state index in [2.05, 4.69) is 27.1 Å². The number of methoxy groups -OCH3 is 1. The smallest absolute Gasteiger partial charge is 0.223 e. The summed E-state index contributed by atoms with van der Waals surface area (Å²) in [4.78, 5) is 14.7. The van der Waals surface area contributed by atoms with Crippen molar-refractivity contribution in [3.05, 3.63) is 23.5 Å². The fourth-order valence-electron chi connectivity index (χ4n) is 3.93. The molecule has 2 atom stereocenters. The maximum atomic E-state index is 12.7. The zero-order valence-electron chi connectivity index (χ0n) is 14.4. The number of amides is 1. The van der Waals surface area contributed by atoms with Crippen molar-refractivity contribution in [3.63, 3.8) is 0 Å². The number of hydrogen-bond donors (Lipinski definition) is 0. The minimum absolute atomic E-state index is 0.176. The van der Waals surface area contributed by atoms with Crippen molar-refractivity contribution in [2.45, 2.75) is 51.1 Å². The molecule has 0 bridgehead atoms. The lowest BCUT2D eigenvalue weighted by Crippen LogP contribution is -2.40. The van der Waals surface area contributed by atoms with E-state index in [0.717, 1.165) is 31.0 Å². The lowest BCUT2D eigenvalue weighted by Gasteiger charge is -2.32. The molecular formula is C18H26N4O2. The van der Waals surface area contributed by atoms with Gasteiger partial charge in [-0.05, 0) is 37.5 Å². The Morgan fingerprint density at radius 1 is 1.38 bits per heavy atom. The largest absolute Gasteiger partial charge is 0.384 e. The van der Waals surface area contributed by atoms with Crippen LogP contribution in [-0.2, 0) is 22.6 Å². The molecular weight excluding hydrogens is 304 g/mol. The molecule has 0 unspecified atom stereocenters. The van der Waals surface area contributed by atoms with Gasteiger partial charge in [-0.1, -0.05) is 17.4 Å². The van der Waals surface area contributed by atoms with E-state index < -0.39 is 0 Å². The molecule has 1 fully saturated rings. The van der Waals surface area contributed by atoms with E-state index >= 15 is 0 Å². The molecule has 3 aliphatic rings. The Morgan fingerprint density at radius 2 is 2.25 bits per heavy atom. The van der Waals surface area contributed by atoms with E-state index in [1.54, 1.807) is 7.11 Å². The van der Waals surface area contributed by atoms with Crippen LogP contribution in [0.25, 0.3) is 0 Å². The van der Waals surface area contributed by atoms with Crippen molar-refractivity contribution in [1.82, 2.24) is 19.9 Å². The van der Waals surface area contributed by atoms with Gasteiger partial charge in [0.15, 0.2) is 0 Å². The van der Waals surface area contributed by atoms with Crippen LogP contribution in [0.2, 0.25) is 0 Å². The molecule has 0 N–H and O–H groups in total. The summed E-state index contributed by atoms with van der Waals surface area (Å²) in [7, 11) is 1.72. The monoisotopic (exact) mass is 330 g/mol. The molecule has 1 amide bonds. The zero-order chi connectivity index (χ0) is 16.5. The highest BCUT2D eigenvalue weighted by Crippen LogP contribution is 2.34. The van der Waals surface area contributed by atoms with Crippen LogP contribution in [-0.4, -0.2) is 46.1 Å². The Morgan fingerprint density at radius 3 is 2.96 bits per heavy atom. The minimum atomic E-state index is 0.176. The zero-order valence-corrected chi connectivity index (χ0v) is 14.4. The molecule has 1 aromatic heterocycles. The fraction of sp³-hybridized carbons (Fsp3) is 0.722. The molecule has 6 heteroatoms. The molecule has 6 nitrogen and oxygen atoms in total. The maximum absolute atomic E-state index is 12.7. The number of nitrogens with zero attached hydrogens (tertiary/aromatic N) is 4. The molecule has 2 heterocycles. The third-order valence-corrected chi connectivity index (χ3v) is 5.41. The first kappa shape index (κ1) is 15.8. The number of carbonyl (C=O) groups is 1. The van der Waals surface area contributed by atoms with Gasteiger partial charge in [0.25, 0.3) is 0 Å². The van der Waals surface area contributed by atoms with E-state index in [-0.39, 0.29) is 11.8 Å². The van der Waals surface area contributed by atoms with Gasteiger partial charge in [-0.2, -0.15) is 0 Å². The van der Waals surface area contributed by atoms with Crippen LogP contribution in [0.3, 0.4) is 0 Å². The topological polar surface area (TPSA) is 60.2 Å². The Balaban J connectivity index is 1.49. The Kier molecular flexibility index (Phi) is 4.39. The summed E-state index contributed by atoms with van der Waals surface area (Å²) in [6, 6.07) is 0. The van der Waals surface area contributed by atoms with Gasteiger partial charge in [-0.25, -0.2) is 4.68 Å². The van der Waals surface area contributed by atoms with Gasteiger partial charge < -0.3 is 9.64 Å². The number of fused-ring (bicyclic) bond motifs is 1. The first-order valence-corrected chi connectivity index (χ1v) is 9.10. The van der Waals surface area contributed by atoms with Crippen molar-refractivity contribution in [1.29, 1.82) is 0 Å². The van der Waals surface area contributed by atoms with E-state index in [4.69, 9.17) is 4.74 Å². The predicted octanol–water partition coefficient (Wildman–Crippen LogP) is 2.12. The fourth-order valence-corrected chi connectivity index (χ4v) is 3.93. The molecule has 0 radical (unpaired) electrons. The Labute approximate surface area is 142 Å². The highest BCUT2D eigenvalue weighted by Gasteiger charge is 2.35. The normalized spacial score (nSPS) is 26.0. The van der Waals surface area contributed by atoms with Crippen LogP contribution in [0.1, 0.15) is 49.4 Å². The highest BCUT2D eigenvalue weighted by atomic mass is 16.5. The van der Waals surface area contributed by atoms with Crippen LogP contribution in [0.5, 0.6) is 0 Å². The Hall–Kier alpha value is -1.69. The van der Waals surface area contributed by atoms with Crippen molar-refractivity contribution in [2.75, 3.05) is 20.3 Å². The molecule has 0 spiro atoms. The SMILES string of the molecule is COC[C@H]1CN(C(=O)C[C@H]2C=CCC2)Cc2nnn(CC3CC3)c21. The number of allylic oxidation sites excluding steroid dienone is 2. The number of ether oxygens (including phenoxy) is 1. The van der Waals surface area contributed by atoms with Gasteiger partial charge in [-0.15, -0.1) is 5.10 Å².